The lowest BCUT2D eigenvalue weighted by atomic mass is 10.1. The Hall–Kier alpha value is -1.85. The maximum atomic E-state index is 10.7. The van der Waals surface area contributed by atoms with Gasteiger partial charge in [-0.2, -0.15) is 0 Å². The van der Waals surface area contributed by atoms with Crippen LogP contribution in [0.5, 0.6) is 5.75 Å². The van der Waals surface area contributed by atoms with E-state index in [1.807, 2.05) is 41.8 Å². The lowest BCUT2D eigenvalue weighted by Crippen LogP contribution is -2.32. The Bertz CT molecular complexity index is 539. The van der Waals surface area contributed by atoms with Crippen LogP contribution in [0.4, 0.5) is 0 Å². The van der Waals surface area contributed by atoms with Crippen LogP contribution in [-0.4, -0.2) is 17.1 Å². The third kappa shape index (κ3) is 4.08. The molecule has 0 fully saturated rings. The minimum Gasteiger partial charge on any atom is -0.488 e. The van der Waals surface area contributed by atoms with E-state index in [2.05, 4.69) is 0 Å². The molecule has 0 aliphatic carbocycles. The van der Waals surface area contributed by atoms with Gasteiger partial charge in [0.15, 0.2) is 0 Å². The number of aliphatic carboxylic acids is 1. The smallest absolute Gasteiger partial charge is 0.320 e. The summed E-state index contributed by atoms with van der Waals surface area (Å²) in [7, 11) is 0. The summed E-state index contributed by atoms with van der Waals surface area (Å²) in [5, 5.41) is 10.8. The highest BCUT2D eigenvalue weighted by atomic mass is 32.1. The second-order valence-electron chi connectivity index (χ2n) is 4.16. The predicted molar refractivity (Wildman–Crippen MR) is 74.4 cm³/mol. The summed E-state index contributed by atoms with van der Waals surface area (Å²) in [6.45, 7) is 0.520. The zero-order valence-electron chi connectivity index (χ0n) is 10.3. The molecule has 2 aromatic rings. The van der Waals surface area contributed by atoms with Gasteiger partial charge in [-0.15, -0.1) is 11.3 Å². The number of nitrogens with two attached hydrogens (primary N) is 1. The van der Waals surface area contributed by atoms with Crippen molar-refractivity contribution in [1.29, 1.82) is 0 Å². The molecule has 2 rings (SSSR count). The highest BCUT2D eigenvalue weighted by Crippen LogP contribution is 2.17. The summed E-state index contributed by atoms with van der Waals surface area (Å²) in [5.74, 6) is -0.270. The Morgan fingerprint density at radius 1 is 1.37 bits per heavy atom. The number of carboxylic acid groups (broad SMARTS) is 1. The van der Waals surface area contributed by atoms with E-state index in [1.54, 1.807) is 11.3 Å². The van der Waals surface area contributed by atoms with Crippen molar-refractivity contribution in [3.8, 4) is 5.75 Å². The van der Waals surface area contributed by atoms with E-state index in [0.717, 1.165) is 16.2 Å². The van der Waals surface area contributed by atoms with Crippen molar-refractivity contribution in [3.05, 3.63) is 52.2 Å². The first-order valence-corrected chi connectivity index (χ1v) is 6.75. The number of rotatable bonds is 6. The molecule has 3 N–H and O–H groups in total. The Morgan fingerprint density at radius 3 is 2.89 bits per heavy atom. The number of benzene rings is 1. The molecule has 1 atom stereocenters. The maximum absolute atomic E-state index is 10.7. The first kappa shape index (κ1) is 13.6. The van der Waals surface area contributed by atoms with Gasteiger partial charge in [-0.1, -0.05) is 18.2 Å². The first-order chi connectivity index (χ1) is 9.15. The van der Waals surface area contributed by atoms with E-state index in [4.69, 9.17) is 15.6 Å². The third-order valence-electron chi connectivity index (χ3n) is 2.63. The summed E-state index contributed by atoms with van der Waals surface area (Å²) in [6.07, 6.45) is 0.297. The Morgan fingerprint density at radius 2 is 2.21 bits per heavy atom. The molecule has 1 heterocycles. The molecule has 0 saturated carbocycles. The first-order valence-electron chi connectivity index (χ1n) is 5.87. The fourth-order valence-electron chi connectivity index (χ4n) is 1.65. The predicted octanol–water partition coefficient (Wildman–Crippen LogP) is 2.28. The number of hydrogen-bond donors (Lipinski definition) is 2. The van der Waals surface area contributed by atoms with Crippen LogP contribution in [0, 0.1) is 0 Å². The second kappa shape index (κ2) is 6.36. The molecule has 0 radical (unpaired) electrons. The van der Waals surface area contributed by atoms with Crippen LogP contribution in [0.25, 0.3) is 0 Å². The number of hydrogen-bond acceptors (Lipinski definition) is 4. The van der Waals surface area contributed by atoms with Gasteiger partial charge >= 0.3 is 5.97 Å². The van der Waals surface area contributed by atoms with Crippen LogP contribution in [0.2, 0.25) is 0 Å². The third-order valence-corrected chi connectivity index (χ3v) is 3.48. The van der Waals surface area contributed by atoms with Gasteiger partial charge < -0.3 is 15.6 Å². The number of ether oxygens (including phenoxy) is 1. The number of thiophene rings is 1. The molecule has 1 aromatic heterocycles. The second-order valence-corrected chi connectivity index (χ2v) is 5.20. The normalized spacial score (nSPS) is 12.1. The van der Waals surface area contributed by atoms with Crippen LogP contribution in [0.1, 0.15) is 10.4 Å². The Kier molecular flexibility index (Phi) is 4.54. The average Bonchev–Trinajstić information content (AvgIpc) is 2.90. The van der Waals surface area contributed by atoms with Crippen molar-refractivity contribution < 1.29 is 14.6 Å². The fourth-order valence-corrected chi connectivity index (χ4v) is 2.27. The standard InChI is InChI=1S/C14H15NO3S/c15-13(14(16)17)8-10-3-1-4-11(7-10)18-9-12-5-2-6-19-12/h1-7,13H,8-9,15H2,(H,16,17). The molecule has 19 heavy (non-hydrogen) atoms. The molecule has 5 heteroatoms. The van der Waals surface area contributed by atoms with E-state index in [9.17, 15) is 4.79 Å². The van der Waals surface area contributed by atoms with Gasteiger partial charge in [0.05, 0.1) is 0 Å². The largest absolute Gasteiger partial charge is 0.488 e. The zero-order chi connectivity index (χ0) is 13.7. The molecule has 100 valence electrons. The molecule has 0 spiro atoms. The SMILES string of the molecule is NC(Cc1cccc(OCc2cccs2)c1)C(=O)O. The molecular weight excluding hydrogens is 262 g/mol. The van der Waals surface area contributed by atoms with E-state index < -0.39 is 12.0 Å². The zero-order valence-corrected chi connectivity index (χ0v) is 11.1. The van der Waals surface area contributed by atoms with Gasteiger partial charge in [0.2, 0.25) is 0 Å². The van der Waals surface area contributed by atoms with Crippen LogP contribution in [-0.2, 0) is 17.8 Å². The molecule has 0 saturated heterocycles. The molecule has 0 aliphatic heterocycles. The van der Waals surface area contributed by atoms with Gasteiger partial charge in [-0.25, -0.2) is 0 Å². The summed E-state index contributed by atoms with van der Waals surface area (Å²) in [6, 6.07) is 10.5. The molecule has 4 nitrogen and oxygen atoms in total. The highest BCUT2D eigenvalue weighted by molar-refractivity contribution is 7.09. The van der Waals surface area contributed by atoms with Gasteiger partial charge in [-0.05, 0) is 35.6 Å². The Labute approximate surface area is 115 Å². The maximum Gasteiger partial charge on any atom is 0.320 e. The fraction of sp³-hybridized carbons (Fsp3) is 0.214. The summed E-state index contributed by atoms with van der Waals surface area (Å²) < 4.78 is 5.66. The molecule has 0 aliphatic rings. The molecule has 0 amide bonds. The van der Waals surface area contributed by atoms with Crippen molar-refractivity contribution in [1.82, 2.24) is 0 Å². The Balaban J connectivity index is 1.96. The van der Waals surface area contributed by atoms with Gasteiger partial charge in [0.25, 0.3) is 0 Å². The van der Waals surface area contributed by atoms with Crippen LogP contribution in [0.3, 0.4) is 0 Å². The van der Waals surface area contributed by atoms with E-state index in [1.165, 1.54) is 0 Å². The minimum atomic E-state index is -0.995. The summed E-state index contributed by atoms with van der Waals surface area (Å²) in [4.78, 5) is 11.9. The van der Waals surface area contributed by atoms with E-state index in [-0.39, 0.29) is 0 Å². The lowest BCUT2D eigenvalue weighted by Gasteiger charge is -2.09. The van der Waals surface area contributed by atoms with Gasteiger partial charge in [0.1, 0.15) is 18.4 Å². The number of carbonyl (C=O) groups is 1. The molecular formula is C14H15NO3S. The molecule has 1 unspecified atom stereocenters. The monoisotopic (exact) mass is 277 g/mol. The average molecular weight is 277 g/mol. The number of carboxylic acids is 1. The minimum absolute atomic E-state index is 0.297. The van der Waals surface area contributed by atoms with E-state index >= 15 is 0 Å². The molecule has 1 aromatic carbocycles. The quantitative estimate of drug-likeness (QED) is 0.849. The van der Waals surface area contributed by atoms with Crippen molar-refractivity contribution in [2.45, 2.75) is 19.1 Å². The van der Waals surface area contributed by atoms with Crippen molar-refractivity contribution in [3.63, 3.8) is 0 Å². The van der Waals surface area contributed by atoms with Crippen LogP contribution in [0.15, 0.2) is 41.8 Å². The summed E-state index contributed by atoms with van der Waals surface area (Å²) >= 11 is 1.64. The van der Waals surface area contributed by atoms with Crippen molar-refractivity contribution in [2.75, 3.05) is 0 Å². The topological polar surface area (TPSA) is 72.5 Å². The highest BCUT2D eigenvalue weighted by Gasteiger charge is 2.12. The van der Waals surface area contributed by atoms with E-state index in [0.29, 0.717) is 13.0 Å². The van der Waals surface area contributed by atoms with Crippen LogP contribution < -0.4 is 10.5 Å². The van der Waals surface area contributed by atoms with Gasteiger partial charge in [-0.3, -0.25) is 4.79 Å². The lowest BCUT2D eigenvalue weighted by molar-refractivity contribution is -0.138. The van der Waals surface area contributed by atoms with Crippen molar-refractivity contribution >= 4 is 17.3 Å². The van der Waals surface area contributed by atoms with Gasteiger partial charge in [0, 0.05) is 4.88 Å². The summed E-state index contributed by atoms with van der Waals surface area (Å²) in [5.41, 5.74) is 6.37. The molecule has 0 bridgehead atoms. The van der Waals surface area contributed by atoms with Crippen LogP contribution >= 0.6 is 11.3 Å². The van der Waals surface area contributed by atoms with Crippen molar-refractivity contribution in [2.24, 2.45) is 5.73 Å².